The lowest BCUT2D eigenvalue weighted by atomic mass is 10.1. The average molecular weight is 446 g/mol. The first-order chi connectivity index (χ1) is 14.2. The molecule has 30 heavy (non-hydrogen) atoms. The molecule has 1 amide bonds. The SMILES string of the molecule is O=C(O)CCCCCCN1C(=O)CS(=O)(=O)C1CCC(O)COc1ccc(F)cc1. The molecular formula is C20H28FNO7S. The van der Waals surface area contributed by atoms with Crippen LogP contribution in [0.4, 0.5) is 4.39 Å². The zero-order valence-electron chi connectivity index (χ0n) is 16.7. The van der Waals surface area contributed by atoms with Crippen LogP contribution < -0.4 is 4.74 Å². The fraction of sp³-hybridized carbons (Fsp3) is 0.600. The number of carboxylic acids is 1. The molecule has 0 bridgehead atoms. The van der Waals surface area contributed by atoms with Crippen molar-refractivity contribution < 1.29 is 37.3 Å². The second-order valence-corrected chi connectivity index (χ2v) is 9.56. The van der Waals surface area contributed by atoms with Gasteiger partial charge in [-0.05, 0) is 49.9 Å². The molecule has 0 saturated carbocycles. The molecule has 10 heteroatoms. The van der Waals surface area contributed by atoms with Crippen LogP contribution in [-0.2, 0) is 19.4 Å². The molecule has 1 aromatic carbocycles. The lowest BCUT2D eigenvalue weighted by Gasteiger charge is -2.24. The maximum Gasteiger partial charge on any atom is 0.303 e. The molecular weight excluding hydrogens is 417 g/mol. The van der Waals surface area contributed by atoms with E-state index in [2.05, 4.69) is 0 Å². The number of carbonyl (C=O) groups is 2. The van der Waals surface area contributed by atoms with Gasteiger partial charge < -0.3 is 19.8 Å². The number of halogens is 1. The van der Waals surface area contributed by atoms with Gasteiger partial charge >= 0.3 is 5.97 Å². The molecule has 168 valence electrons. The second-order valence-electron chi connectivity index (χ2n) is 7.40. The van der Waals surface area contributed by atoms with Crippen molar-refractivity contribution in [2.24, 2.45) is 0 Å². The normalized spacial score (nSPS) is 19.1. The van der Waals surface area contributed by atoms with Crippen molar-refractivity contribution in [3.05, 3.63) is 30.1 Å². The lowest BCUT2D eigenvalue weighted by molar-refractivity contribution is -0.137. The number of aliphatic carboxylic acids is 1. The Bertz CT molecular complexity index is 813. The van der Waals surface area contributed by atoms with Crippen LogP contribution in [0.3, 0.4) is 0 Å². The maximum absolute atomic E-state index is 12.9. The van der Waals surface area contributed by atoms with Crippen LogP contribution >= 0.6 is 0 Å². The predicted molar refractivity (Wildman–Crippen MR) is 107 cm³/mol. The molecule has 1 saturated heterocycles. The fourth-order valence-corrected chi connectivity index (χ4v) is 5.17. The summed E-state index contributed by atoms with van der Waals surface area (Å²) < 4.78 is 42.9. The summed E-state index contributed by atoms with van der Waals surface area (Å²) in [4.78, 5) is 24.0. The minimum absolute atomic E-state index is 0.0735. The summed E-state index contributed by atoms with van der Waals surface area (Å²) in [6.45, 7) is 0.216. The number of hydrogen-bond acceptors (Lipinski definition) is 6. The Morgan fingerprint density at radius 1 is 1.20 bits per heavy atom. The van der Waals surface area contributed by atoms with Gasteiger partial charge in [0.05, 0.1) is 6.10 Å². The third-order valence-electron chi connectivity index (χ3n) is 4.95. The monoisotopic (exact) mass is 445 g/mol. The summed E-state index contributed by atoms with van der Waals surface area (Å²) in [6.07, 6.45) is 1.94. The van der Waals surface area contributed by atoms with Gasteiger partial charge in [0.2, 0.25) is 5.91 Å². The third-order valence-corrected chi connectivity index (χ3v) is 6.92. The Balaban J connectivity index is 1.79. The van der Waals surface area contributed by atoms with Crippen molar-refractivity contribution in [3.8, 4) is 5.75 Å². The number of benzene rings is 1. The van der Waals surface area contributed by atoms with E-state index in [0.717, 1.165) is 0 Å². The van der Waals surface area contributed by atoms with Crippen LogP contribution in [0, 0.1) is 5.82 Å². The zero-order chi connectivity index (χ0) is 22.1. The average Bonchev–Trinajstić information content (AvgIpc) is 2.89. The topological polar surface area (TPSA) is 121 Å². The summed E-state index contributed by atoms with van der Waals surface area (Å²) in [5, 5.41) is 17.8. The molecule has 1 aromatic rings. The number of sulfone groups is 1. The van der Waals surface area contributed by atoms with Gasteiger partial charge in [-0.3, -0.25) is 9.59 Å². The number of aliphatic hydroxyl groups excluding tert-OH is 1. The van der Waals surface area contributed by atoms with E-state index in [1.807, 2.05) is 0 Å². The molecule has 0 aliphatic carbocycles. The molecule has 2 unspecified atom stereocenters. The number of rotatable bonds is 13. The number of amides is 1. The van der Waals surface area contributed by atoms with E-state index in [-0.39, 0.29) is 32.4 Å². The molecule has 2 rings (SSSR count). The minimum Gasteiger partial charge on any atom is -0.491 e. The van der Waals surface area contributed by atoms with Crippen LogP contribution in [0.25, 0.3) is 0 Å². The van der Waals surface area contributed by atoms with E-state index in [0.29, 0.717) is 31.4 Å². The quantitative estimate of drug-likeness (QED) is 0.445. The van der Waals surface area contributed by atoms with Crippen LogP contribution in [-0.4, -0.2) is 65.8 Å². The summed E-state index contributed by atoms with van der Waals surface area (Å²) in [5.74, 6) is -1.83. The summed E-state index contributed by atoms with van der Waals surface area (Å²) in [5.41, 5.74) is 0. The van der Waals surface area contributed by atoms with Crippen molar-refractivity contribution >= 4 is 21.7 Å². The van der Waals surface area contributed by atoms with Crippen molar-refractivity contribution in [1.29, 1.82) is 0 Å². The first-order valence-electron chi connectivity index (χ1n) is 9.98. The van der Waals surface area contributed by atoms with Crippen molar-refractivity contribution in [2.45, 2.75) is 56.4 Å². The van der Waals surface area contributed by atoms with Gasteiger partial charge in [-0.25, -0.2) is 12.8 Å². The van der Waals surface area contributed by atoms with Crippen LogP contribution in [0.15, 0.2) is 24.3 Å². The Kier molecular flexibility index (Phi) is 9.04. The van der Waals surface area contributed by atoms with Crippen LogP contribution in [0.5, 0.6) is 5.75 Å². The van der Waals surface area contributed by atoms with Crippen LogP contribution in [0.2, 0.25) is 0 Å². The van der Waals surface area contributed by atoms with Gasteiger partial charge in [0.25, 0.3) is 0 Å². The fourth-order valence-electron chi connectivity index (χ4n) is 3.36. The van der Waals surface area contributed by atoms with Crippen molar-refractivity contribution in [1.82, 2.24) is 4.90 Å². The number of hydrogen-bond donors (Lipinski definition) is 2. The Labute approximate surface area is 175 Å². The smallest absolute Gasteiger partial charge is 0.303 e. The van der Waals surface area contributed by atoms with Crippen molar-refractivity contribution in [2.75, 3.05) is 18.9 Å². The first kappa shape index (κ1) is 24.1. The molecule has 1 fully saturated rings. The number of nitrogens with zero attached hydrogens (tertiary/aromatic N) is 1. The predicted octanol–water partition coefficient (Wildman–Crippen LogP) is 1.96. The van der Waals surface area contributed by atoms with Gasteiger partial charge in [-0.15, -0.1) is 0 Å². The van der Waals surface area contributed by atoms with Crippen LogP contribution in [0.1, 0.15) is 44.9 Å². The molecule has 2 atom stereocenters. The molecule has 1 aliphatic heterocycles. The van der Waals surface area contributed by atoms with Gasteiger partial charge in [0, 0.05) is 13.0 Å². The largest absolute Gasteiger partial charge is 0.491 e. The van der Waals surface area contributed by atoms with Gasteiger partial charge in [-0.2, -0.15) is 0 Å². The van der Waals surface area contributed by atoms with E-state index >= 15 is 0 Å². The number of aliphatic hydroxyl groups is 1. The van der Waals surface area contributed by atoms with E-state index in [9.17, 15) is 27.5 Å². The summed E-state index contributed by atoms with van der Waals surface area (Å²) in [7, 11) is -3.61. The highest BCUT2D eigenvalue weighted by atomic mass is 32.2. The van der Waals surface area contributed by atoms with Gasteiger partial charge in [-0.1, -0.05) is 12.8 Å². The Hall–Kier alpha value is -2.20. The number of carbonyl (C=O) groups excluding carboxylic acids is 1. The zero-order valence-corrected chi connectivity index (χ0v) is 17.5. The summed E-state index contributed by atoms with van der Waals surface area (Å²) in [6, 6.07) is 5.33. The third kappa shape index (κ3) is 7.56. The number of unbranched alkanes of at least 4 members (excludes halogenated alkanes) is 3. The highest BCUT2D eigenvalue weighted by Gasteiger charge is 2.43. The molecule has 2 N–H and O–H groups in total. The summed E-state index contributed by atoms with van der Waals surface area (Å²) >= 11 is 0. The number of carboxylic acid groups (broad SMARTS) is 1. The first-order valence-corrected chi connectivity index (χ1v) is 11.7. The van der Waals surface area contributed by atoms with E-state index < -0.39 is 44.8 Å². The maximum atomic E-state index is 12.9. The second kappa shape index (κ2) is 11.3. The van der Waals surface area contributed by atoms with Gasteiger partial charge in [0.1, 0.15) is 29.3 Å². The van der Waals surface area contributed by atoms with Gasteiger partial charge in [0.15, 0.2) is 9.84 Å². The Morgan fingerprint density at radius 2 is 1.87 bits per heavy atom. The molecule has 0 spiro atoms. The molecule has 1 heterocycles. The lowest BCUT2D eigenvalue weighted by Crippen LogP contribution is -2.37. The molecule has 1 aliphatic rings. The highest BCUT2D eigenvalue weighted by molar-refractivity contribution is 7.93. The standard InChI is InChI=1S/C20H28FNO7S/c21-15-6-9-17(10-7-15)29-13-16(23)8-11-19-22(18(24)14-30(19,27)28)12-4-2-1-3-5-20(25)26/h6-7,9-10,16,19,23H,1-5,8,11-14H2,(H,25,26). The molecule has 0 radical (unpaired) electrons. The molecule has 0 aromatic heterocycles. The highest BCUT2D eigenvalue weighted by Crippen LogP contribution is 2.24. The number of ether oxygens (including phenoxy) is 1. The molecule has 8 nitrogen and oxygen atoms in total. The Morgan fingerprint density at radius 3 is 2.53 bits per heavy atom. The van der Waals surface area contributed by atoms with E-state index in [4.69, 9.17) is 9.84 Å². The minimum atomic E-state index is -3.61. The van der Waals surface area contributed by atoms with E-state index in [1.54, 1.807) is 0 Å². The van der Waals surface area contributed by atoms with E-state index in [1.165, 1.54) is 29.2 Å². The van der Waals surface area contributed by atoms with Crippen molar-refractivity contribution in [3.63, 3.8) is 0 Å².